The molecule has 0 fully saturated rings. The highest BCUT2D eigenvalue weighted by molar-refractivity contribution is 5.83. The Kier molecular flexibility index (Phi) is 7.12. The number of carbonyl (C=O) groups excluding carboxylic acids is 1. The van der Waals surface area contributed by atoms with Crippen molar-refractivity contribution in [1.29, 1.82) is 0 Å². The van der Waals surface area contributed by atoms with Crippen LogP contribution in [0.25, 0.3) is 5.65 Å². The number of halogens is 6. The van der Waals surface area contributed by atoms with Gasteiger partial charge in [0.25, 0.3) is 5.95 Å². The molecular formula is C23H25F6N5O3. The number of pyridine rings is 1. The van der Waals surface area contributed by atoms with Gasteiger partial charge in [-0.3, -0.25) is 5.32 Å². The molecule has 1 aromatic carbocycles. The summed E-state index contributed by atoms with van der Waals surface area (Å²) in [6.07, 6.45) is -10.3. The van der Waals surface area contributed by atoms with Crippen LogP contribution in [0.2, 0.25) is 0 Å². The van der Waals surface area contributed by atoms with Crippen LogP contribution in [0.5, 0.6) is 0 Å². The Morgan fingerprint density at radius 1 is 0.946 bits per heavy atom. The van der Waals surface area contributed by atoms with Crippen molar-refractivity contribution in [2.75, 3.05) is 10.6 Å². The number of amides is 1. The molecule has 3 N–H and O–H groups in total. The summed E-state index contributed by atoms with van der Waals surface area (Å²) in [4.78, 5) is 16.0. The number of alkyl halides is 6. The van der Waals surface area contributed by atoms with E-state index in [1.807, 2.05) is 0 Å². The predicted molar refractivity (Wildman–Crippen MR) is 122 cm³/mol. The molecular weight excluding hydrogens is 508 g/mol. The third-order valence-corrected chi connectivity index (χ3v) is 4.95. The zero-order chi connectivity index (χ0) is 28.0. The molecule has 14 heteroatoms. The molecule has 0 aliphatic carbocycles. The van der Waals surface area contributed by atoms with Gasteiger partial charge in [0.1, 0.15) is 11.4 Å². The first-order valence-electron chi connectivity index (χ1n) is 10.9. The van der Waals surface area contributed by atoms with Crippen molar-refractivity contribution in [3.63, 3.8) is 0 Å². The van der Waals surface area contributed by atoms with Gasteiger partial charge >= 0.3 is 18.4 Å². The molecule has 0 radical (unpaired) electrons. The second kappa shape index (κ2) is 9.39. The van der Waals surface area contributed by atoms with Crippen LogP contribution in [0.4, 0.5) is 42.9 Å². The molecule has 3 rings (SSSR count). The fourth-order valence-corrected chi connectivity index (χ4v) is 3.38. The summed E-state index contributed by atoms with van der Waals surface area (Å²) in [6.45, 7) is 7.51. The third-order valence-electron chi connectivity index (χ3n) is 4.95. The molecule has 0 unspecified atom stereocenters. The Hall–Kier alpha value is -3.55. The lowest BCUT2D eigenvalue weighted by Gasteiger charge is -2.32. The van der Waals surface area contributed by atoms with E-state index in [0.29, 0.717) is 12.1 Å². The Labute approximate surface area is 207 Å². The molecule has 8 nitrogen and oxygen atoms in total. The summed E-state index contributed by atoms with van der Waals surface area (Å²) < 4.78 is 85.9. The Morgan fingerprint density at radius 2 is 1.51 bits per heavy atom. The first-order chi connectivity index (χ1) is 16.7. The topological polar surface area (TPSA) is 101 Å². The fourth-order valence-electron chi connectivity index (χ4n) is 3.38. The number of fused-ring (bicyclic) bond motifs is 1. The standard InChI is InChI=1S/C23H25F6N5O3/c1-20(2,3)37-19(35)32-18-31-16-11-14(23(27,28)29)10-15(34(16)33-18)30-17(21(4,5)36)12-6-8-13(9-7-12)22(24,25)26/h6-11,17,30,36H,1-5H3,(H,32,33,35)/t17-/m0/s1. The Morgan fingerprint density at radius 3 is 2.00 bits per heavy atom. The highest BCUT2D eigenvalue weighted by Crippen LogP contribution is 2.36. The molecule has 37 heavy (non-hydrogen) atoms. The van der Waals surface area contributed by atoms with Gasteiger partial charge in [-0.2, -0.15) is 35.8 Å². The van der Waals surface area contributed by atoms with Crippen molar-refractivity contribution in [3.05, 3.63) is 53.1 Å². The predicted octanol–water partition coefficient (Wildman–Crippen LogP) is 6.04. The fraction of sp³-hybridized carbons (Fsp3) is 0.435. The lowest BCUT2D eigenvalue weighted by molar-refractivity contribution is -0.138. The van der Waals surface area contributed by atoms with Crippen molar-refractivity contribution < 1.29 is 41.0 Å². The normalized spacial score (nSPS) is 13.9. The molecule has 0 aliphatic rings. The minimum absolute atomic E-state index is 0.165. The van der Waals surface area contributed by atoms with Gasteiger partial charge in [-0.1, -0.05) is 12.1 Å². The van der Waals surface area contributed by atoms with Crippen LogP contribution in [-0.2, 0) is 17.1 Å². The lowest BCUT2D eigenvalue weighted by Crippen LogP contribution is -2.35. The molecule has 0 saturated carbocycles. The number of anilines is 2. The summed E-state index contributed by atoms with van der Waals surface area (Å²) in [5.74, 6) is -0.646. The Bertz CT molecular complexity index is 1270. The van der Waals surface area contributed by atoms with Crippen LogP contribution in [0.3, 0.4) is 0 Å². The summed E-state index contributed by atoms with van der Waals surface area (Å²) in [5.41, 5.74) is -4.69. The number of benzene rings is 1. The molecule has 0 bridgehead atoms. The minimum Gasteiger partial charge on any atom is -0.444 e. The van der Waals surface area contributed by atoms with E-state index in [2.05, 4.69) is 20.7 Å². The van der Waals surface area contributed by atoms with Gasteiger partial charge in [-0.25, -0.2) is 4.79 Å². The number of nitrogens with one attached hydrogen (secondary N) is 2. The third kappa shape index (κ3) is 7.02. The number of hydrogen-bond acceptors (Lipinski definition) is 6. The van der Waals surface area contributed by atoms with Crippen LogP contribution >= 0.6 is 0 Å². The van der Waals surface area contributed by atoms with Gasteiger partial charge in [-0.05, 0) is 64.4 Å². The van der Waals surface area contributed by atoms with E-state index in [1.165, 1.54) is 13.8 Å². The second-order valence-corrected chi connectivity index (χ2v) is 9.81. The van der Waals surface area contributed by atoms with E-state index in [1.54, 1.807) is 20.8 Å². The van der Waals surface area contributed by atoms with E-state index >= 15 is 0 Å². The van der Waals surface area contributed by atoms with E-state index < -0.39 is 46.8 Å². The van der Waals surface area contributed by atoms with Gasteiger partial charge in [0.05, 0.1) is 22.8 Å². The number of aromatic nitrogens is 3. The maximum Gasteiger partial charge on any atom is 0.416 e. The quantitative estimate of drug-likeness (QED) is 0.346. The first kappa shape index (κ1) is 28.0. The number of nitrogens with zero attached hydrogens (tertiary/aromatic N) is 3. The van der Waals surface area contributed by atoms with Crippen LogP contribution in [0, 0.1) is 0 Å². The summed E-state index contributed by atoms with van der Waals surface area (Å²) in [7, 11) is 0. The highest BCUT2D eigenvalue weighted by Gasteiger charge is 2.35. The highest BCUT2D eigenvalue weighted by atomic mass is 19.4. The van der Waals surface area contributed by atoms with Gasteiger partial charge < -0.3 is 15.2 Å². The van der Waals surface area contributed by atoms with Crippen molar-refractivity contribution in [2.45, 2.75) is 64.2 Å². The number of carbonyl (C=O) groups is 1. The maximum absolute atomic E-state index is 13.6. The second-order valence-electron chi connectivity index (χ2n) is 9.81. The first-order valence-corrected chi connectivity index (χ1v) is 10.9. The van der Waals surface area contributed by atoms with E-state index in [0.717, 1.165) is 28.8 Å². The number of rotatable bonds is 5. The minimum atomic E-state index is -4.79. The molecule has 0 spiro atoms. The maximum atomic E-state index is 13.6. The van der Waals surface area contributed by atoms with E-state index in [-0.39, 0.29) is 23.0 Å². The average Bonchev–Trinajstić information content (AvgIpc) is 3.10. The van der Waals surface area contributed by atoms with Crippen LogP contribution in [-0.4, -0.2) is 37.0 Å². The average molecular weight is 533 g/mol. The summed E-state index contributed by atoms with van der Waals surface area (Å²) >= 11 is 0. The number of ether oxygens (including phenoxy) is 1. The number of aliphatic hydroxyl groups is 1. The molecule has 0 aliphatic heterocycles. The van der Waals surface area contributed by atoms with Crippen LogP contribution in [0.1, 0.15) is 57.4 Å². The molecule has 2 aromatic heterocycles. The van der Waals surface area contributed by atoms with Crippen molar-refractivity contribution in [1.82, 2.24) is 14.6 Å². The van der Waals surface area contributed by atoms with Crippen molar-refractivity contribution in [2.24, 2.45) is 0 Å². The van der Waals surface area contributed by atoms with Gasteiger partial charge in [0, 0.05) is 0 Å². The lowest BCUT2D eigenvalue weighted by atomic mass is 9.91. The van der Waals surface area contributed by atoms with Crippen LogP contribution < -0.4 is 10.6 Å². The summed E-state index contributed by atoms with van der Waals surface area (Å²) in [6, 6.07) is 4.07. The number of hydrogen-bond donors (Lipinski definition) is 3. The molecule has 202 valence electrons. The smallest absolute Gasteiger partial charge is 0.416 e. The van der Waals surface area contributed by atoms with Gasteiger partial charge in [0.2, 0.25) is 0 Å². The molecule has 3 aromatic rings. The Balaban J connectivity index is 2.07. The van der Waals surface area contributed by atoms with Gasteiger partial charge in [-0.15, -0.1) is 5.10 Å². The molecule has 2 heterocycles. The van der Waals surface area contributed by atoms with Gasteiger partial charge in [0.15, 0.2) is 5.65 Å². The van der Waals surface area contributed by atoms with Crippen molar-refractivity contribution in [3.8, 4) is 0 Å². The zero-order valence-corrected chi connectivity index (χ0v) is 20.4. The molecule has 0 saturated heterocycles. The van der Waals surface area contributed by atoms with E-state index in [9.17, 15) is 36.2 Å². The van der Waals surface area contributed by atoms with E-state index in [4.69, 9.17) is 4.74 Å². The SMILES string of the molecule is CC(C)(C)OC(=O)Nc1nc2cc(C(F)(F)F)cc(N[C@@H](c3ccc(C(F)(F)F)cc3)C(C)(C)O)n2n1. The monoisotopic (exact) mass is 533 g/mol. The summed E-state index contributed by atoms with van der Waals surface area (Å²) in [5, 5.41) is 19.7. The zero-order valence-electron chi connectivity index (χ0n) is 20.4. The molecule has 1 atom stereocenters. The molecule has 1 amide bonds. The largest absolute Gasteiger partial charge is 0.444 e. The van der Waals surface area contributed by atoms with Crippen LogP contribution in [0.15, 0.2) is 36.4 Å². The van der Waals surface area contributed by atoms with Crippen molar-refractivity contribution >= 4 is 23.5 Å².